The lowest BCUT2D eigenvalue weighted by Gasteiger charge is -2.25. The van der Waals surface area contributed by atoms with Crippen molar-refractivity contribution in [2.75, 3.05) is 26.2 Å². The third kappa shape index (κ3) is 3.00. The van der Waals surface area contributed by atoms with Gasteiger partial charge in [-0.05, 0) is 6.42 Å². The summed E-state index contributed by atoms with van der Waals surface area (Å²) in [5.41, 5.74) is 0. The second kappa shape index (κ2) is 5.23. The molecule has 0 atom stereocenters. The molecule has 2 rings (SSSR count). The van der Waals surface area contributed by atoms with Crippen molar-refractivity contribution in [3.63, 3.8) is 0 Å². The highest BCUT2D eigenvalue weighted by atomic mass is 16.5. The van der Waals surface area contributed by atoms with Crippen LogP contribution in [0.2, 0.25) is 0 Å². The topological polar surface area (TPSA) is 54.2 Å². The van der Waals surface area contributed by atoms with Crippen LogP contribution >= 0.6 is 0 Å². The van der Waals surface area contributed by atoms with Crippen LogP contribution in [0.1, 0.15) is 25.1 Å². The molecule has 0 radical (unpaired) electrons. The Balaban J connectivity index is 1.86. The SMILES string of the molecule is CCCc1noc(CN2CCNCC2)n1. The maximum absolute atomic E-state index is 5.20. The summed E-state index contributed by atoms with van der Waals surface area (Å²) in [4.78, 5) is 6.69. The highest BCUT2D eigenvalue weighted by Gasteiger charge is 2.13. The Hall–Kier alpha value is -0.940. The second-order valence-corrected chi connectivity index (χ2v) is 3.88. The van der Waals surface area contributed by atoms with Gasteiger partial charge in [0.15, 0.2) is 5.82 Å². The molecule has 1 aromatic heterocycles. The van der Waals surface area contributed by atoms with Crippen LogP contribution in [0.15, 0.2) is 4.52 Å². The van der Waals surface area contributed by atoms with E-state index in [2.05, 4.69) is 27.3 Å². The summed E-state index contributed by atoms with van der Waals surface area (Å²) in [5.74, 6) is 1.59. The van der Waals surface area contributed by atoms with Crippen LogP contribution in [-0.2, 0) is 13.0 Å². The van der Waals surface area contributed by atoms with Gasteiger partial charge in [-0.3, -0.25) is 4.90 Å². The van der Waals surface area contributed by atoms with E-state index >= 15 is 0 Å². The predicted molar refractivity (Wildman–Crippen MR) is 56.4 cm³/mol. The van der Waals surface area contributed by atoms with Gasteiger partial charge in [0.05, 0.1) is 6.54 Å². The van der Waals surface area contributed by atoms with Gasteiger partial charge in [0.1, 0.15) is 0 Å². The van der Waals surface area contributed by atoms with E-state index in [1.54, 1.807) is 0 Å². The molecule has 0 aromatic carbocycles. The first-order valence-electron chi connectivity index (χ1n) is 5.63. The Morgan fingerprint density at radius 2 is 2.20 bits per heavy atom. The van der Waals surface area contributed by atoms with Crippen molar-refractivity contribution >= 4 is 0 Å². The van der Waals surface area contributed by atoms with Crippen LogP contribution in [-0.4, -0.2) is 41.2 Å². The van der Waals surface area contributed by atoms with Gasteiger partial charge in [-0.1, -0.05) is 12.1 Å². The van der Waals surface area contributed by atoms with Gasteiger partial charge in [-0.25, -0.2) is 0 Å². The third-order valence-corrected chi connectivity index (χ3v) is 2.55. The fraction of sp³-hybridized carbons (Fsp3) is 0.800. The van der Waals surface area contributed by atoms with E-state index < -0.39 is 0 Å². The summed E-state index contributed by atoms with van der Waals surface area (Å²) < 4.78 is 5.20. The molecular weight excluding hydrogens is 192 g/mol. The first kappa shape index (κ1) is 10.6. The van der Waals surface area contributed by atoms with E-state index in [4.69, 9.17) is 4.52 Å². The largest absolute Gasteiger partial charge is 0.338 e. The standard InChI is InChI=1S/C10H18N4O/c1-2-3-9-12-10(15-13-9)8-14-6-4-11-5-7-14/h11H,2-8H2,1H3. The maximum Gasteiger partial charge on any atom is 0.240 e. The van der Waals surface area contributed by atoms with Crippen LogP contribution in [0, 0.1) is 0 Å². The average Bonchev–Trinajstić information content (AvgIpc) is 2.68. The molecule has 1 N–H and O–H groups in total. The zero-order valence-electron chi connectivity index (χ0n) is 9.20. The number of rotatable bonds is 4. The van der Waals surface area contributed by atoms with Gasteiger partial charge in [0.25, 0.3) is 0 Å². The van der Waals surface area contributed by atoms with Gasteiger partial charge in [0, 0.05) is 32.6 Å². The number of aromatic nitrogens is 2. The molecular formula is C10H18N4O. The summed E-state index contributed by atoms with van der Waals surface area (Å²) in [7, 11) is 0. The van der Waals surface area contributed by atoms with Crippen molar-refractivity contribution in [1.82, 2.24) is 20.4 Å². The Bertz CT molecular complexity index is 293. The molecule has 1 saturated heterocycles. The van der Waals surface area contributed by atoms with Gasteiger partial charge in [0.2, 0.25) is 5.89 Å². The molecule has 84 valence electrons. The number of hydrogen-bond donors (Lipinski definition) is 1. The summed E-state index contributed by atoms with van der Waals surface area (Å²) in [5, 5.41) is 7.26. The smallest absolute Gasteiger partial charge is 0.240 e. The number of nitrogens with zero attached hydrogens (tertiary/aromatic N) is 3. The predicted octanol–water partition coefficient (Wildman–Crippen LogP) is 0.427. The molecule has 0 bridgehead atoms. The summed E-state index contributed by atoms with van der Waals surface area (Å²) in [6.07, 6.45) is 1.97. The van der Waals surface area contributed by atoms with Gasteiger partial charge >= 0.3 is 0 Å². The fourth-order valence-corrected chi connectivity index (χ4v) is 1.74. The second-order valence-electron chi connectivity index (χ2n) is 3.88. The minimum absolute atomic E-state index is 0.750. The monoisotopic (exact) mass is 210 g/mol. The molecule has 0 amide bonds. The van der Waals surface area contributed by atoms with Crippen molar-refractivity contribution in [2.24, 2.45) is 0 Å². The highest BCUT2D eigenvalue weighted by Crippen LogP contribution is 2.04. The quantitative estimate of drug-likeness (QED) is 0.781. The van der Waals surface area contributed by atoms with Crippen molar-refractivity contribution in [3.8, 4) is 0 Å². The minimum Gasteiger partial charge on any atom is -0.338 e. The van der Waals surface area contributed by atoms with Crippen molar-refractivity contribution in [2.45, 2.75) is 26.3 Å². The van der Waals surface area contributed by atoms with Gasteiger partial charge in [-0.15, -0.1) is 0 Å². The van der Waals surface area contributed by atoms with Gasteiger partial charge in [-0.2, -0.15) is 4.98 Å². The maximum atomic E-state index is 5.20. The molecule has 0 saturated carbocycles. The van der Waals surface area contributed by atoms with Crippen molar-refractivity contribution in [1.29, 1.82) is 0 Å². The van der Waals surface area contributed by atoms with Crippen LogP contribution in [0.4, 0.5) is 0 Å². The Morgan fingerprint density at radius 3 is 2.93 bits per heavy atom. The van der Waals surface area contributed by atoms with Crippen LogP contribution < -0.4 is 5.32 Å². The van der Waals surface area contributed by atoms with Gasteiger partial charge < -0.3 is 9.84 Å². The lowest BCUT2D eigenvalue weighted by Crippen LogP contribution is -2.42. The molecule has 15 heavy (non-hydrogen) atoms. The Morgan fingerprint density at radius 1 is 1.40 bits per heavy atom. The molecule has 0 spiro atoms. The molecule has 0 unspecified atom stereocenters. The Labute approximate surface area is 89.8 Å². The molecule has 5 heteroatoms. The lowest BCUT2D eigenvalue weighted by molar-refractivity contribution is 0.203. The van der Waals surface area contributed by atoms with E-state index in [1.807, 2.05) is 0 Å². The Kier molecular flexibility index (Phi) is 3.69. The third-order valence-electron chi connectivity index (χ3n) is 2.55. The number of piperazine rings is 1. The molecule has 1 aliphatic heterocycles. The van der Waals surface area contributed by atoms with Crippen LogP contribution in [0.3, 0.4) is 0 Å². The van der Waals surface area contributed by atoms with Crippen molar-refractivity contribution < 1.29 is 4.52 Å². The summed E-state index contributed by atoms with van der Waals surface area (Å²) in [6, 6.07) is 0. The number of hydrogen-bond acceptors (Lipinski definition) is 5. The van der Waals surface area contributed by atoms with E-state index in [1.165, 1.54) is 0 Å². The minimum atomic E-state index is 0.750. The first-order valence-corrected chi connectivity index (χ1v) is 5.63. The van der Waals surface area contributed by atoms with E-state index in [0.717, 1.165) is 57.3 Å². The fourth-order valence-electron chi connectivity index (χ4n) is 1.74. The lowest BCUT2D eigenvalue weighted by atomic mass is 10.3. The molecule has 1 fully saturated rings. The van der Waals surface area contributed by atoms with E-state index in [0.29, 0.717) is 0 Å². The molecule has 1 aliphatic rings. The molecule has 0 aliphatic carbocycles. The van der Waals surface area contributed by atoms with E-state index in [-0.39, 0.29) is 0 Å². The zero-order valence-corrected chi connectivity index (χ0v) is 9.20. The molecule has 5 nitrogen and oxygen atoms in total. The zero-order chi connectivity index (χ0) is 10.5. The normalized spacial score (nSPS) is 18.2. The average molecular weight is 210 g/mol. The first-order chi connectivity index (χ1) is 7.38. The highest BCUT2D eigenvalue weighted by molar-refractivity contribution is 4.87. The molecule has 1 aromatic rings. The number of aryl methyl sites for hydroxylation is 1. The van der Waals surface area contributed by atoms with Crippen LogP contribution in [0.25, 0.3) is 0 Å². The van der Waals surface area contributed by atoms with E-state index in [9.17, 15) is 0 Å². The summed E-state index contributed by atoms with van der Waals surface area (Å²) in [6.45, 7) is 7.13. The van der Waals surface area contributed by atoms with Crippen LogP contribution in [0.5, 0.6) is 0 Å². The molecule has 2 heterocycles. The summed E-state index contributed by atoms with van der Waals surface area (Å²) >= 11 is 0. The number of nitrogens with one attached hydrogen (secondary N) is 1. The van der Waals surface area contributed by atoms with Crippen molar-refractivity contribution in [3.05, 3.63) is 11.7 Å².